The number of allylic oxidation sites excluding steroid dienone is 2. The van der Waals surface area contributed by atoms with E-state index < -0.39 is 0 Å². The number of anilines is 1. The van der Waals surface area contributed by atoms with Gasteiger partial charge in [-0.25, -0.2) is 9.97 Å². The Morgan fingerprint density at radius 3 is 2.96 bits per heavy atom. The minimum absolute atomic E-state index is 0.723. The van der Waals surface area contributed by atoms with Crippen LogP contribution in [0.2, 0.25) is 0 Å². The van der Waals surface area contributed by atoms with Gasteiger partial charge in [-0.3, -0.25) is 4.68 Å². The van der Waals surface area contributed by atoms with Crippen LogP contribution in [0, 0.1) is 24.7 Å². The average molecular weight is 323 g/mol. The van der Waals surface area contributed by atoms with Gasteiger partial charge in [0, 0.05) is 30.5 Å². The van der Waals surface area contributed by atoms with Crippen molar-refractivity contribution < 1.29 is 0 Å². The molecule has 3 atom stereocenters. The van der Waals surface area contributed by atoms with E-state index in [0.717, 1.165) is 54.5 Å². The summed E-state index contributed by atoms with van der Waals surface area (Å²) in [4.78, 5) is 9.10. The van der Waals surface area contributed by atoms with E-state index in [0.29, 0.717) is 0 Å². The summed E-state index contributed by atoms with van der Waals surface area (Å²) in [5.74, 6) is 3.00. The number of rotatable bonds is 6. The molecule has 2 aliphatic rings. The second kappa shape index (κ2) is 6.38. The van der Waals surface area contributed by atoms with E-state index in [1.54, 1.807) is 0 Å². The second-order valence-corrected chi connectivity index (χ2v) is 7.05. The minimum Gasteiger partial charge on any atom is -0.354 e. The molecule has 0 aliphatic heterocycles. The van der Waals surface area contributed by atoms with Gasteiger partial charge in [-0.1, -0.05) is 19.1 Å². The van der Waals surface area contributed by atoms with Gasteiger partial charge in [0.15, 0.2) is 0 Å². The highest BCUT2D eigenvalue weighted by Crippen LogP contribution is 2.43. The summed E-state index contributed by atoms with van der Waals surface area (Å²) < 4.78 is 2.05. The Balaban J connectivity index is 1.46. The highest BCUT2D eigenvalue weighted by Gasteiger charge is 2.35. The van der Waals surface area contributed by atoms with E-state index in [9.17, 15) is 0 Å². The maximum absolute atomic E-state index is 4.71. The van der Waals surface area contributed by atoms with Crippen LogP contribution in [0.15, 0.2) is 30.6 Å². The van der Waals surface area contributed by atoms with Crippen LogP contribution < -0.4 is 5.32 Å². The van der Waals surface area contributed by atoms with Gasteiger partial charge in [-0.2, -0.15) is 5.10 Å². The van der Waals surface area contributed by atoms with Crippen LogP contribution in [-0.2, 0) is 6.54 Å². The third kappa shape index (κ3) is 2.83. The Bertz CT molecular complexity index is 748. The summed E-state index contributed by atoms with van der Waals surface area (Å²) >= 11 is 0. The first kappa shape index (κ1) is 15.4. The molecule has 0 radical (unpaired) electrons. The zero-order valence-electron chi connectivity index (χ0n) is 14.4. The van der Waals surface area contributed by atoms with Crippen molar-refractivity contribution in [3.63, 3.8) is 0 Å². The molecule has 2 aromatic heterocycles. The van der Waals surface area contributed by atoms with E-state index in [1.165, 1.54) is 18.5 Å². The van der Waals surface area contributed by atoms with Crippen molar-refractivity contribution in [3.8, 4) is 11.3 Å². The summed E-state index contributed by atoms with van der Waals surface area (Å²) in [5.41, 5.74) is 3.21. The van der Waals surface area contributed by atoms with Gasteiger partial charge in [0.2, 0.25) is 5.95 Å². The molecule has 24 heavy (non-hydrogen) atoms. The zero-order valence-corrected chi connectivity index (χ0v) is 14.4. The normalized spacial score (nSPS) is 24.7. The fraction of sp³-hybridized carbons (Fsp3) is 0.526. The van der Waals surface area contributed by atoms with Crippen LogP contribution in [0.4, 0.5) is 5.95 Å². The van der Waals surface area contributed by atoms with Gasteiger partial charge in [0.25, 0.3) is 0 Å². The van der Waals surface area contributed by atoms with E-state index in [2.05, 4.69) is 41.4 Å². The first-order valence-corrected chi connectivity index (χ1v) is 9.02. The van der Waals surface area contributed by atoms with Gasteiger partial charge in [-0.05, 0) is 50.0 Å². The van der Waals surface area contributed by atoms with Crippen molar-refractivity contribution in [3.05, 3.63) is 36.3 Å². The Kier molecular flexibility index (Phi) is 4.08. The van der Waals surface area contributed by atoms with E-state index in [1.807, 2.05) is 23.1 Å². The molecule has 2 bridgehead atoms. The summed E-state index contributed by atoms with van der Waals surface area (Å²) in [6.45, 7) is 6.18. The van der Waals surface area contributed by atoms with Crippen molar-refractivity contribution in [2.75, 3.05) is 11.9 Å². The lowest BCUT2D eigenvalue weighted by Crippen LogP contribution is -2.19. The van der Waals surface area contributed by atoms with Crippen molar-refractivity contribution >= 4 is 5.95 Å². The van der Waals surface area contributed by atoms with E-state index >= 15 is 0 Å². The van der Waals surface area contributed by atoms with Gasteiger partial charge >= 0.3 is 0 Å². The molecule has 126 valence electrons. The average Bonchev–Trinajstić information content (AvgIpc) is 3.30. The molecule has 1 fully saturated rings. The molecular weight excluding hydrogens is 298 g/mol. The second-order valence-electron chi connectivity index (χ2n) is 7.05. The topological polar surface area (TPSA) is 55.6 Å². The van der Waals surface area contributed by atoms with Crippen LogP contribution in [0.25, 0.3) is 11.3 Å². The Morgan fingerprint density at radius 2 is 2.21 bits per heavy atom. The van der Waals surface area contributed by atoms with Crippen LogP contribution in [-0.4, -0.2) is 26.3 Å². The summed E-state index contributed by atoms with van der Waals surface area (Å²) in [6, 6.07) is 1.96. The lowest BCUT2D eigenvalue weighted by atomic mass is 9.94. The fourth-order valence-electron chi connectivity index (χ4n) is 4.08. The molecule has 5 heteroatoms. The molecule has 5 nitrogen and oxygen atoms in total. The van der Waals surface area contributed by atoms with E-state index in [-0.39, 0.29) is 0 Å². The van der Waals surface area contributed by atoms with Crippen LogP contribution >= 0.6 is 0 Å². The number of aromatic nitrogens is 4. The number of nitrogens with zero attached hydrogens (tertiary/aromatic N) is 4. The lowest BCUT2D eigenvalue weighted by molar-refractivity contribution is 0.471. The molecule has 1 N–H and O–H groups in total. The first-order chi connectivity index (χ1) is 11.7. The predicted octanol–water partition coefficient (Wildman–Crippen LogP) is 3.68. The fourth-order valence-corrected chi connectivity index (χ4v) is 4.08. The SMILES string of the molecule is CCCn1ncc(-c2ccnc(NC[C@@H]3C[C@@H]4C=C[C@H]3C4)n2)c1C. The lowest BCUT2D eigenvalue weighted by Gasteiger charge is -2.18. The summed E-state index contributed by atoms with van der Waals surface area (Å²) in [5, 5.41) is 7.92. The maximum atomic E-state index is 4.71. The van der Waals surface area contributed by atoms with Gasteiger partial charge in [0.1, 0.15) is 0 Å². The molecule has 0 saturated heterocycles. The van der Waals surface area contributed by atoms with Crippen LogP contribution in [0.1, 0.15) is 31.9 Å². The Morgan fingerprint density at radius 1 is 1.29 bits per heavy atom. The molecule has 0 amide bonds. The Hall–Kier alpha value is -2.17. The summed E-state index contributed by atoms with van der Waals surface area (Å²) in [7, 11) is 0. The smallest absolute Gasteiger partial charge is 0.223 e. The maximum Gasteiger partial charge on any atom is 0.223 e. The number of aryl methyl sites for hydroxylation is 1. The van der Waals surface area contributed by atoms with Crippen LogP contribution in [0.3, 0.4) is 0 Å². The standard InChI is InChI=1S/C19H25N5/c1-3-8-24-13(2)17(12-22-24)18-6-7-20-19(23-18)21-11-16-10-14-4-5-15(16)9-14/h4-7,12,14-16H,3,8-11H2,1-2H3,(H,20,21,23)/t14-,15+,16+/m1/s1. The molecule has 2 heterocycles. The molecule has 2 aliphatic carbocycles. The predicted molar refractivity (Wildman–Crippen MR) is 95.6 cm³/mol. The van der Waals surface area contributed by atoms with E-state index in [4.69, 9.17) is 4.98 Å². The molecule has 1 saturated carbocycles. The zero-order chi connectivity index (χ0) is 16.5. The highest BCUT2D eigenvalue weighted by atomic mass is 15.3. The minimum atomic E-state index is 0.723. The third-order valence-electron chi connectivity index (χ3n) is 5.41. The molecular formula is C19H25N5. The number of nitrogens with one attached hydrogen (secondary N) is 1. The monoisotopic (exact) mass is 323 g/mol. The van der Waals surface area contributed by atoms with Crippen molar-refractivity contribution in [2.24, 2.45) is 17.8 Å². The molecule has 0 aromatic carbocycles. The van der Waals surface area contributed by atoms with Gasteiger partial charge in [-0.15, -0.1) is 0 Å². The largest absolute Gasteiger partial charge is 0.354 e. The first-order valence-electron chi connectivity index (χ1n) is 9.02. The number of hydrogen-bond donors (Lipinski definition) is 1. The third-order valence-corrected chi connectivity index (χ3v) is 5.41. The van der Waals surface area contributed by atoms with Crippen LogP contribution in [0.5, 0.6) is 0 Å². The quantitative estimate of drug-likeness (QED) is 0.824. The van der Waals surface area contributed by atoms with Gasteiger partial charge < -0.3 is 5.32 Å². The van der Waals surface area contributed by atoms with Crippen molar-refractivity contribution in [2.45, 2.75) is 39.7 Å². The summed E-state index contributed by atoms with van der Waals surface area (Å²) in [6.07, 6.45) is 12.2. The molecule has 4 rings (SSSR count). The molecule has 2 aromatic rings. The Labute approximate surface area is 143 Å². The van der Waals surface area contributed by atoms with Crippen molar-refractivity contribution in [1.29, 1.82) is 0 Å². The molecule has 0 spiro atoms. The highest BCUT2D eigenvalue weighted by molar-refractivity contribution is 5.61. The van der Waals surface area contributed by atoms with Gasteiger partial charge in [0.05, 0.1) is 11.9 Å². The number of hydrogen-bond acceptors (Lipinski definition) is 4. The molecule has 0 unspecified atom stereocenters. The number of fused-ring (bicyclic) bond motifs is 2. The van der Waals surface area contributed by atoms with Crippen molar-refractivity contribution in [1.82, 2.24) is 19.7 Å².